The number of anilines is 2. The molecular formula is C22H26N6O2S. The molecule has 0 bridgehead atoms. The zero-order valence-electron chi connectivity index (χ0n) is 17.4. The third-order valence-electron chi connectivity index (χ3n) is 5.61. The van der Waals surface area contributed by atoms with Gasteiger partial charge in [-0.15, -0.1) is 11.3 Å². The smallest absolute Gasteiger partial charge is 0.261 e. The Morgan fingerprint density at radius 3 is 2.87 bits per heavy atom. The average Bonchev–Trinajstić information content (AvgIpc) is 3.41. The van der Waals surface area contributed by atoms with Gasteiger partial charge in [0.1, 0.15) is 11.4 Å². The zero-order valence-corrected chi connectivity index (χ0v) is 18.2. The molecule has 0 aliphatic carbocycles. The van der Waals surface area contributed by atoms with Gasteiger partial charge in [0.25, 0.3) is 5.56 Å². The third kappa shape index (κ3) is 4.04. The number of aromatic amines is 2. The van der Waals surface area contributed by atoms with E-state index in [9.17, 15) is 4.79 Å². The van der Waals surface area contributed by atoms with Crippen molar-refractivity contribution in [3.8, 4) is 11.4 Å². The second kappa shape index (κ2) is 8.70. The van der Waals surface area contributed by atoms with Crippen molar-refractivity contribution in [1.29, 1.82) is 0 Å². The van der Waals surface area contributed by atoms with Gasteiger partial charge in [-0.05, 0) is 49.5 Å². The highest BCUT2D eigenvalue weighted by molar-refractivity contribution is 7.17. The lowest BCUT2D eigenvalue weighted by Gasteiger charge is -2.25. The molecule has 3 aromatic heterocycles. The second-order valence-corrected chi connectivity index (χ2v) is 8.66. The first-order chi connectivity index (χ1) is 15.2. The van der Waals surface area contributed by atoms with E-state index in [2.05, 4.69) is 25.9 Å². The Hall–Kier alpha value is -2.88. The fourth-order valence-electron chi connectivity index (χ4n) is 3.99. The summed E-state index contributed by atoms with van der Waals surface area (Å²) in [6.07, 6.45) is 1.84. The van der Waals surface area contributed by atoms with Crippen LogP contribution in [0.4, 0.5) is 11.4 Å². The van der Waals surface area contributed by atoms with E-state index >= 15 is 0 Å². The summed E-state index contributed by atoms with van der Waals surface area (Å²) < 4.78 is 6.54. The second-order valence-electron chi connectivity index (χ2n) is 7.75. The van der Waals surface area contributed by atoms with Gasteiger partial charge < -0.3 is 30.7 Å². The fraction of sp³-hybridized carbons (Fsp3) is 0.364. The predicted molar refractivity (Wildman–Crippen MR) is 127 cm³/mol. The molecule has 8 nitrogen and oxygen atoms in total. The molecule has 1 saturated heterocycles. The Balaban J connectivity index is 1.57. The number of pyridine rings is 1. The van der Waals surface area contributed by atoms with E-state index in [0.29, 0.717) is 11.4 Å². The standard InChI is InChI=1S/C22H26N6O2S/c1-23-7-8-24-14-2-3-15-17(12-14)27-21(26-15)18-19(25-13-4-9-30-10-5-13)20-16(6-11-31-20)28-22(18)29/h2-3,6,11-13,23-24H,4-5,7-10H2,1H3,(H,26,27)(H2,25,28,29). The summed E-state index contributed by atoms with van der Waals surface area (Å²) in [6.45, 7) is 3.18. The number of thiophene rings is 1. The zero-order chi connectivity index (χ0) is 21.2. The summed E-state index contributed by atoms with van der Waals surface area (Å²) in [5.41, 5.74) is 4.85. The molecule has 1 aliphatic rings. The Bertz CT molecular complexity index is 1250. The van der Waals surface area contributed by atoms with Crippen molar-refractivity contribution < 1.29 is 4.74 Å². The van der Waals surface area contributed by atoms with Crippen LogP contribution in [-0.2, 0) is 4.74 Å². The maximum atomic E-state index is 13.1. The molecule has 5 N–H and O–H groups in total. The van der Waals surface area contributed by atoms with Gasteiger partial charge in [0.05, 0.1) is 26.9 Å². The maximum Gasteiger partial charge on any atom is 0.261 e. The number of likely N-dealkylation sites (N-methyl/N-ethyl adjacent to an activating group) is 1. The minimum Gasteiger partial charge on any atom is -0.384 e. The van der Waals surface area contributed by atoms with Crippen molar-refractivity contribution in [3.63, 3.8) is 0 Å². The first-order valence-corrected chi connectivity index (χ1v) is 11.5. The molecule has 162 valence electrons. The number of hydrogen-bond acceptors (Lipinski definition) is 7. The molecule has 5 rings (SSSR count). The number of imidazole rings is 1. The molecule has 4 heterocycles. The Morgan fingerprint density at radius 1 is 1.16 bits per heavy atom. The number of nitrogens with one attached hydrogen (secondary N) is 5. The minimum absolute atomic E-state index is 0.146. The molecule has 4 aromatic rings. The first kappa shape index (κ1) is 20.0. The van der Waals surface area contributed by atoms with Gasteiger partial charge in [0.15, 0.2) is 0 Å². The van der Waals surface area contributed by atoms with Crippen molar-refractivity contribution in [2.24, 2.45) is 0 Å². The normalized spacial score (nSPS) is 15.0. The minimum atomic E-state index is -0.146. The molecule has 1 aliphatic heterocycles. The van der Waals surface area contributed by atoms with Crippen molar-refractivity contribution in [1.82, 2.24) is 20.3 Å². The van der Waals surface area contributed by atoms with Gasteiger partial charge in [-0.3, -0.25) is 4.79 Å². The average molecular weight is 439 g/mol. The molecule has 1 aromatic carbocycles. The number of aromatic nitrogens is 3. The highest BCUT2D eigenvalue weighted by Gasteiger charge is 2.22. The summed E-state index contributed by atoms with van der Waals surface area (Å²) in [6, 6.07) is 8.23. The number of ether oxygens (including phenoxy) is 1. The van der Waals surface area contributed by atoms with E-state index in [0.717, 1.165) is 71.8 Å². The van der Waals surface area contributed by atoms with Crippen molar-refractivity contribution in [2.45, 2.75) is 18.9 Å². The molecule has 0 atom stereocenters. The number of nitrogens with zero attached hydrogens (tertiary/aromatic N) is 1. The van der Waals surface area contributed by atoms with E-state index in [1.165, 1.54) is 0 Å². The highest BCUT2D eigenvalue weighted by Crippen LogP contribution is 2.35. The summed E-state index contributed by atoms with van der Waals surface area (Å²) >= 11 is 1.62. The Morgan fingerprint density at radius 2 is 2.03 bits per heavy atom. The first-order valence-electron chi connectivity index (χ1n) is 10.6. The monoisotopic (exact) mass is 438 g/mol. The topological polar surface area (TPSA) is 107 Å². The molecule has 0 unspecified atom stereocenters. The SMILES string of the molecule is CNCCNc1ccc2nc(-c3c(NC4CCOCC4)c4sccc4[nH]c3=O)[nH]c2c1. The van der Waals surface area contributed by atoms with Crippen LogP contribution < -0.4 is 21.5 Å². The van der Waals surface area contributed by atoms with E-state index in [1.807, 2.05) is 36.7 Å². The van der Waals surface area contributed by atoms with Crippen molar-refractivity contribution >= 4 is 44.0 Å². The predicted octanol–water partition coefficient (Wildman–Crippen LogP) is 3.36. The lowest BCUT2D eigenvalue weighted by atomic mass is 10.1. The van der Waals surface area contributed by atoms with Crippen LogP contribution in [-0.4, -0.2) is 54.3 Å². The highest BCUT2D eigenvalue weighted by atomic mass is 32.1. The van der Waals surface area contributed by atoms with Crippen LogP contribution in [0, 0.1) is 0 Å². The fourth-order valence-corrected chi connectivity index (χ4v) is 4.86. The number of hydrogen-bond donors (Lipinski definition) is 5. The molecule has 0 saturated carbocycles. The third-order valence-corrected chi connectivity index (χ3v) is 6.54. The van der Waals surface area contributed by atoms with Crippen LogP contribution in [0.5, 0.6) is 0 Å². The van der Waals surface area contributed by atoms with E-state index in [1.54, 1.807) is 11.3 Å². The Kier molecular flexibility index (Phi) is 5.63. The van der Waals surface area contributed by atoms with Crippen molar-refractivity contribution in [2.75, 3.05) is 44.0 Å². The van der Waals surface area contributed by atoms with Crippen molar-refractivity contribution in [3.05, 3.63) is 40.0 Å². The molecule has 9 heteroatoms. The number of rotatable bonds is 7. The van der Waals surface area contributed by atoms with Gasteiger partial charge >= 0.3 is 0 Å². The van der Waals surface area contributed by atoms with Crippen LogP contribution >= 0.6 is 11.3 Å². The van der Waals surface area contributed by atoms with Gasteiger partial charge in [-0.25, -0.2) is 4.98 Å². The van der Waals surface area contributed by atoms with E-state index in [-0.39, 0.29) is 11.6 Å². The van der Waals surface area contributed by atoms with Crippen LogP contribution in [0.15, 0.2) is 34.4 Å². The molecule has 0 spiro atoms. The van der Waals surface area contributed by atoms with Crippen LogP contribution in [0.25, 0.3) is 32.6 Å². The quantitative estimate of drug-likeness (QED) is 0.283. The molecular weight excluding hydrogens is 412 g/mol. The number of fused-ring (bicyclic) bond motifs is 2. The van der Waals surface area contributed by atoms with Crippen LogP contribution in [0.3, 0.4) is 0 Å². The van der Waals surface area contributed by atoms with Gasteiger partial charge in [-0.1, -0.05) is 0 Å². The molecule has 31 heavy (non-hydrogen) atoms. The van der Waals surface area contributed by atoms with Crippen LogP contribution in [0.1, 0.15) is 12.8 Å². The number of H-pyrrole nitrogens is 2. The lowest BCUT2D eigenvalue weighted by Crippen LogP contribution is -2.29. The summed E-state index contributed by atoms with van der Waals surface area (Å²) in [5, 5.41) is 12.1. The number of benzene rings is 1. The van der Waals surface area contributed by atoms with E-state index < -0.39 is 0 Å². The molecule has 0 radical (unpaired) electrons. The Labute approximate surface area is 183 Å². The van der Waals surface area contributed by atoms with Gasteiger partial charge in [0.2, 0.25) is 0 Å². The van der Waals surface area contributed by atoms with Gasteiger partial charge in [-0.2, -0.15) is 0 Å². The molecule has 0 amide bonds. The molecule has 1 fully saturated rings. The van der Waals surface area contributed by atoms with Gasteiger partial charge in [0, 0.05) is 38.0 Å². The largest absolute Gasteiger partial charge is 0.384 e. The van der Waals surface area contributed by atoms with Crippen LogP contribution in [0.2, 0.25) is 0 Å². The lowest BCUT2D eigenvalue weighted by molar-refractivity contribution is 0.0905. The maximum absolute atomic E-state index is 13.1. The summed E-state index contributed by atoms with van der Waals surface area (Å²) in [5.74, 6) is 0.577. The summed E-state index contributed by atoms with van der Waals surface area (Å²) in [4.78, 5) is 24.3. The summed E-state index contributed by atoms with van der Waals surface area (Å²) in [7, 11) is 1.93. The van der Waals surface area contributed by atoms with E-state index in [4.69, 9.17) is 9.72 Å².